The van der Waals surface area contributed by atoms with Gasteiger partial charge in [-0.1, -0.05) is 36.4 Å². The van der Waals surface area contributed by atoms with Gasteiger partial charge in [0.25, 0.3) is 0 Å². The third kappa shape index (κ3) is 5.24. The van der Waals surface area contributed by atoms with Crippen LogP contribution in [0, 0.1) is 12.8 Å². The molecular weight excluding hydrogens is 346 g/mol. The van der Waals surface area contributed by atoms with Gasteiger partial charge < -0.3 is 14.4 Å². The molecule has 3 aliphatic rings. The molecule has 3 aliphatic heterocycles. The first-order valence-electron chi connectivity index (χ1n) is 10.6. The monoisotopic (exact) mass is 377 g/mol. The van der Waals surface area contributed by atoms with Crippen molar-refractivity contribution in [1.82, 2.24) is 4.90 Å². The SMILES string of the molecule is Cc1cccc(Oc2ccc(CC/C=C/COC3CN4CCC3CC4)cc2)c1. The number of fused-ring (bicyclic) bond motifs is 3. The predicted molar refractivity (Wildman–Crippen MR) is 114 cm³/mol. The number of allylic oxidation sites excluding steroid dienone is 1. The van der Waals surface area contributed by atoms with Crippen molar-refractivity contribution in [1.29, 1.82) is 0 Å². The number of rotatable bonds is 8. The van der Waals surface area contributed by atoms with Gasteiger partial charge in [0.05, 0.1) is 12.7 Å². The van der Waals surface area contributed by atoms with Crippen molar-refractivity contribution in [3.05, 3.63) is 71.8 Å². The van der Waals surface area contributed by atoms with Crippen LogP contribution in [0.2, 0.25) is 0 Å². The molecule has 0 spiro atoms. The minimum Gasteiger partial charge on any atom is -0.457 e. The van der Waals surface area contributed by atoms with Crippen LogP contribution in [-0.2, 0) is 11.2 Å². The molecule has 0 saturated carbocycles. The van der Waals surface area contributed by atoms with Crippen LogP contribution in [0.15, 0.2) is 60.7 Å². The number of piperidine rings is 3. The third-order valence-electron chi connectivity index (χ3n) is 5.92. The van der Waals surface area contributed by atoms with Gasteiger partial charge in [-0.25, -0.2) is 0 Å². The van der Waals surface area contributed by atoms with Crippen molar-refractivity contribution in [3.63, 3.8) is 0 Å². The van der Waals surface area contributed by atoms with Gasteiger partial charge in [0.2, 0.25) is 0 Å². The normalized spacial score (nSPS) is 24.0. The fourth-order valence-corrected chi connectivity index (χ4v) is 4.25. The summed E-state index contributed by atoms with van der Waals surface area (Å²) in [5.74, 6) is 2.56. The van der Waals surface area contributed by atoms with E-state index in [4.69, 9.17) is 9.47 Å². The largest absolute Gasteiger partial charge is 0.457 e. The van der Waals surface area contributed by atoms with Crippen LogP contribution in [0.1, 0.15) is 30.4 Å². The summed E-state index contributed by atoms with van der Waals surface area (Å²) < 4.78 is 12.0. The summed E-state index contributed by atoms with van der Waals surface area (Å²) in [4.78, 5) is 2.54. The minimum absolute atomic E-state index is 0.452. The van der Waals surface area contributed by atoms with E-state index in [1.807, 2.05) is 12.1 Å². The summed E-state index contributed by atoms with van der Waals surface area (Å²) in [6.07, 6.45) is 9.61. The second kappa shape index (κ2) is 9.40. The number of benzene rings is 2. The molecule has 5 rings (SSSR count). The Morgan fingerprint density at radius 2 is 1.82 bits per heavy atom. The topological polar surface area (TPSA) is 21.7 Å². The Hall–Kier alpha value is -2.10. The fourth-order valence-electron chi connectivity index (χ4n) is 4.25. The molecule has 2 bridgehead atoms. The van der Waals surface area contributed by atoms with Crippen LogP contribution in [0.3, 0.4) is 0 Å². The number of hydrogen-bond acceptors (Lipinski definition) is 3. The van der Waals surface area contributed by atoms with Gasteiger partial charge in [-0.15, -0.1) is 0 Å². The first kappa shape index (κ1) is 19.2. The Bertz CT molecular complexity index is 775. The van der Waals surface area contributed by atoms with Crippen molar-refractivity contribution in [3.8, 4) is 11.5 Å². The Labute approximate surface area is 169 Å². The average Bonchev–Trinajstić information content (AvgIpc) is 2.73. The Balaban J connectivity index is 1.16. The maximum Gasteiger partial charge on any atom is 0.127 e. The summed E-state index contributed by atoms with van der Waals surface area (Å²) in [5, 5.41) is 0. The van der Waals surface area contributed by atoms with Gasteiger partial charge in [-0.3, -0.25) is 0 Å². The first-order valence-corrected chi connectivity index (χ1v) is 10.6. The lowest BCUT2D eigenvalue weighted by Gasteiger charge is -2.44. The molecule has 2 aromatic rings. The van der Waals surface area contributed by atoms with Gasteiger partial charge in [0.1, 0.15) is 11.5 Å². The maximum atomic E-state index is 6.10. The summed E-state index contributed by atoms with van der Waals surface area (Å²) in [5.41, 5.74) is 2.54. The molecule has 3 fully saturated rings. The predicted octanol–water partition coefficient (Wildman–Crippen LogP) is 5.39. The highest BCUT2D eigenvalue weighted by molar-refractivity contribution is 5.35. The van der Waals surface area contributed by atoms with E-state index in [0.717, 1.165) is 43.4 Å². The van der Waals surface area contributed by atoms with Crippen LogP contribution in [-0.4, -0.2) is 37.2 Å². The van der Waals surface area contributed by atoms with Crippen LogP contribution in [0.4, 0.5) is 0 Å². The fraction of sp³-hybridized carbons (Fsp3) is 0.440. The number of nitrogens with zero attached hydrogens (tertiary/aromatic N) is 1. The highest BCUT2D eigenvalue weighted by atomic mass is 16.5. The average molecular weight is 378 g/mol. The molecule has 28 heavy (non-hydrogen) atoms. The van der Waals surface area contributed by atoms with Crippen LogP contribution in [0.25, 0.3) is 0 Å². The second-order valence-corrected chi connectivity index (χ2v) is 8.08. The molecular formula is C25H31NO2. The highest BCUT2D eigenvalue weighted by Gasteiger charge is 2.34. The van der Waals surface area contributed by atoms with E-state index < -0.39 is 0 Å². The van der Waals surface area contributed by atoms with Gasteiger partial charge in [0, 0.05) is 6.54 Å². The molecule has 148 valence electrons. The highest BCUT2D eigenvalue weighted by Crippen LogP contribution is 2.29. The smallest absolute Gasteiger partial charge is 0.127 e. The molecule has 2 aromatic carbocycles. The van der Waals surface area contributed by atoms with E-state index in [-0.39, 0.29) is 0 Å². The lowest BCUT2D eigenvalue weighted by atomic mass is 9.86. The number of hydrogen-bond donors (Lipinski definition) is 0. The van der Waals surface area contributed by atoms with Crippen LogP contribution >= 0.6 is 0 Å². The third-order valence-corrected chi connectivity index (χ3v) is 5.92. The second-order valence-electron chi connectivity index (χ2n) is 8.08. The number of ether oxygens (including phenoxy) is 2. The Morgan fingerprint density at radius 3 is 2.54 bits per heavy atom. The van der Waals surface area contributed by atoms with Crippen molar-refractivity contribution in [2.45, 2.75) is 38.7 Å². The van der Waals surface area contributed by atoms with Crippen molar-refractivity contribution < 1.29 is 9.47 Å². The van der Waals surface area contributed by atoms with Gasteiger partial charge in [0.15, 0.2) is 0 Å². The minimum atomic E-state index is 0.452. The molecule has 3 heteroatoms. The van der Waals surface area contributed by atoms with E-state index in [1.54, 1.807) is 0 Å². The van der Waals surface area contributed by atoms with E-state index in [1.165, 1.54) is 37.1 Å². The molecule has 0 amide bonds. The zero-order chi connectivity index (χ0) is 19.2. The Morgan fingerprint density at radius 1 is 1.00 bits per heavy atom. The van der Waals surface area contributed by atoms with Gasteiger partial charge in [-0.2, -0.15) is 0 Å². The zero-order valence-electron chi connectivity index (χ0n) is 16.8. The maximum absolute atomic E-state index is 6.10. The molecule has 3 saturated heterocycles. The van der Waals surface area contributed by atoms with Crippen molar-refractivity contribution in [2.75, 3.05) is 26.2 Å². The molecule has 1 atom stereocenters. The quantitative estimate of drug-likeness (QED) is 0.576. The lowest BCUT2D eigenvalue weighted by molar-refractivity contribution is -0.0604. The van der Waals surface area contributed by atoms with Crippen LogP contribution < -0.4 is 4.74 Å². The van der Waals surface area contributed by atoms with E-state index in [9.17, 15) is 0 Å². The first-order chi connectivity index (χ1) is 13.8. The van der Waals surface area contributed by atoms with E-state index >= 15 is 0 Å². The molecule has 1 unspecified atom stereocenters. The van der Waals surface area contributed by atoms with Crippen LogP contribution in [0.5, 0.6) is 11.5 Å². The number of aryl methyl sites for hydroxylation is 2. The van der Waals surface area contributed by atoms with E-state index in [0.29, 0.717) is 6.10 Å². The standard InChI is InChI=1S/C25H31NO2/c1-20-6-5-8-24(18-20)28-23-11-9-21(10-12-23)7-3-2-4-17-27-25-19-26-15-13-22(25)14-16-26/h2,4-6,8-12,18,22,25H,3,7,13-17,19H2,1H3/b4-2+. The van der Waals surface area contributed by atoms with Gasteiger partial charge in [-0.05, 0) is 87.0 Å². The molecule has 3 nitrogen and oxygen atoms in total. The van der Waals surface area contributed by atoms with Crippen molar-refractivity contribution in [2.24, 2.45) is 5.92 Å². The molecule has 0 aromatic heterocycles. The summed E-state index contributed by atoms with van der Waals surface area (Å²) >= 11 is 0. The Kier molecular flexibility index (Phi) is 6.45. The summed E-state index contributed by atoms with van der Waals surface area (Å²) in [6, 6.07) is 16.6. The molecule has 0 aliphatic carbocycles. The summed E-state index contributed by atoms with van der Waals surface area (Å²) in [7, 11) is 0. The zero-order valence-corrected chi connectivity index (χ0v) is 16.8. The summed E-state index contributed by atoms with van der Waals surface area (Å²) in [6.45, 7) is 6.50. The molecule has 0 N–H and O–H groups in total. The lowest BCUT2D eigenvalue weighted by Crippen LogP contribution is -2.51. The van der Waals surface area contributed by atoms with Gasteiger partial charge >= 0.3 is 0 Å². The van der Waals surface area contributed by atoms with E-state index in [2.05, 4.69) is 60.4 Å². The molecule has 3 heterocycles. The van der Waals surface area contributed by atoms with Crippen molar-refractivity contribution >= 4 is 0 Å². The molecule has 0 radical (unpaired) electrons.